The van der Waals surface area contributed by atoms with Crippen molar-refractivity contribution in [2.45, 2.75) is 5.41 Å². The Labute approximate surface area is 165 Å². The summed E-state index contributed by atoms with van der Waals surface area (Å²) in [6, 6.07) is 34.0. The van der Waals surface area contributed by atoms with Crippen LogP contribution in [-0.4, -0.2) is 6.72 Å². The molecule has 4 aromatic rings. The zero-order chi connectivity index (χ0) is 19.1. The molecular formula is C26H20N2. The molecule has 134 valence electrons. The smallest absolute Gasteiger partial charge is 0.0713 e. The zero-order valence-electron chi connectivity index (χ0n) is 15.5. The Morgan fingerprint density at radius 3 is 1.57 bits per heavy atom. The molecule has 0 spiro atoms. The van der Waals surface area contributed by atoms with Crippen LogP contribution in [0.2, 0.25) is 0 Å². The fourth-order valence-corrected chi connectivity index (χ4v) is 4.57. The van der Waals surface area contributed by atoms with Gasteiger partial charge in [-0.3, -0.25) is 4.99 Å². The SMILES string of the molecule is C=Nc1ccc(C2(c3ccc(N)cc3)c3ccccc3-c3ccccc32)cc1. The minimum Gasteiger partial charge on any atom is -0.399 e. The van der Waals surface area contributed by atoms with E-state index in [0.717, 1.165) is 11.4 Å². The van der Waals surface area contributed by atoms with Crippen LogP contribution in [0.5, 0.6) is 0 Å². The average Bonchev–Trinajstić information content (AvgIpc) is 3.06. The van der Waals surface area contributed by atoms with Crippen LogP contribution in [0.1, 0.15) is 22.3 Å². The van der Waals surface area contributed by atoms with Crippen LogP contribution in [-0.2, 0) is 5.41 Å². The van der Waals surface area contributed by atoms with Crippen LogP contribution in [0.3, 0.4) is 0 Å². The molecule has 0 heterocycles. The van der Waals surface area contributed by atoms with Crippen LogP contribution >= 0.6 is 0 Å². The normalized spacial score (nSPS) is 13.6. The first kappa shape index (κ1) is 16.5. The second-order valence-corrected chi connectivity index (χ2v) is 7.17. The molecule has 0 aromatic heterocycles. The van der Waals surface area contributed by atoms with Crippen molar-refractivity contribution in [3.63, 3.8) is 0 Å². The molecule has 28 heavy (non-hydrogen) atoms. The lowest BCUT2D eigenvalue weighted by atomic mass is 9.67. The van der Waals surface area contributed by atoms with Gasteiger partial charge in [-0.1, -0.05) is 72.8 Å². The maximum absolute atomic E-state index is 6.01. The van der Waals surface area contributed by atoms with E-state index < -0.39 is 0 Å². The number of benzene rings is 4. The molecule has 0 fully saturated rings. The van der Waals surface area contributed by atoms with Crippen molar-refractivity contribution in [2.24, 2.45) is 4.99 Å². The third-order valence-corrected chi connectivity index (χ3v) is 5.78. The quantitative estimate of drug-likeness (QED) is 0.313. The summed E-state index contributed by atoms with van der Waals surface area (Å²) >= 11 is 0. The second kappa shape index (κ2) is 6.21. The number of nitrogens with two attached hydrogens (primary N) is 1. The lowest BCUT2D eigenvalue weighted by molar-refractivity contribution is 0.769. The Morgan fingerprint density at radius 1 is 0.607 bits per heavy atom. The zero-order valence-corrected chi connectivity index (χ0v) is 15.5. The standard InChI is InChI=1S/C26H20N2/c1-28-21-16-12-19(13-17-21)26(18-10-14-20(27)15-11-18)24-8-4-2-6-22(24)23-7-3-5-9-25(23)26/h2-17H,1,27H2. The van der Waals surface area contributed by atoms with Gasteiger partial charge in [0, 0.05) is 5.69 Å². The second-order valence-electron chi connectivity index (χ2n) is 7.17. The van der Waals surface area contributed by atoms with Gasteiger partial charge in [-0.2, -0.15) is 0 Å². The van der Waals surface area contributed by atoms with E-state index in [9.17, 15) is 0 Å². The van der Waals surface area contributed by atoms with E-state index in [1.807, 2.05) is 24.3 Å². The lowest BCUT2D eigenvalue weighted by Gasteiger charge is -2.34. The number of fused-ring (bicyclic) bond motifs is 3. The predicted octanol–water partition coefficient (Wildman–Crippen LogP) is 5.96. The summed E-state index contributed by atoms with van der Waals surface area (Å²) < 4.78 is 0. The minimum absolute atomic E-state index is 0.388. The van der Waals surface area contributed by atoms with Crippen molar-refractivity contribution in [3.05, 3.63) is 119 Å². The van der Waals surface area contributed by atoms with Gasteiger partial charge in [-0.15, -0.1) is 0 Å². The fraction of sp³-hybridized carbons (Fsp3) is 0.0385. The maximum atomic E-state index is 6.01. The maximum Gasteiger partial charge on any atom is 0.0713 e. The first-order valence-electron chi connectivity index (χ1n) is 9.38. The molecule has 4 aromatic carbocycles. The number of aliphatic imine (C=N–C) groups is 1. The summed E-state index contributed by atoms with van der Waals surface area (Å²) in [4.78, 5) is 4.07. The first-order valence-corrected chi connectivity index (χ1v) is 9.38. The van der Waals surface area contributed by atoms with Gasteiger partial charge in [-0.05, 0) is 64.4 Å². The molecule has 2 N–H and O–H groups in total. The number of nitrogen functional groups attached to an aromatic ring is 1. The third-order valence-electron chi connectivity index (χ3n) is 5.78. The van der Waals surface area contributed by atoms with Crippen LogP contribution in [0, 0.1) is 0 Å². The van der Waals surface area contributed by atoms with Gasteiger partial charge in [0.2, 0.25) is 0 Å². The summed E-state index contributed by atoms with van der Waals surface area (Å²) in [6.07, 6.45) is 0. The number of rotatable bonds is 3. The van der Waals surface area contributed by atoms with Crippen molar-refractivity contribution in [3.8, 4) is 11.1 Å². The molecule has 0 aliphatic heterocycles. The molecule has 0 saturated carbocycles. The molecule has 0 bridgehead atoms. The molecule has 1 aliphatic carbocycles. The van der Waals surface area contributed by atoms with Gasteiger partial charge in [0.1, 0.15) is 0 Å². The highest BCUT2D eigenvalue weighted by Gasteiger charge is 2.45. The number of anilines is 1. The third kappa shape index (κ3) is 2.18. The Hall–Kier alpha value is -3.65. The van der Waals surface area contributed by atoms with E-state index in [1.54, 1.807) is 0 Å². The molecule has 0 unspecified atom stereocenters. The summed E-state index contributed by atoms with van der Waals surface area (Å²) in [7, 11) is 0. The molecular weight excluding hydrogens is 340 g/mol. The molecule has 0 amide bonds. The highest BCUT2D eigenvalue weighted by molar-refractivity contribution is 5.86. The molecule has 5 rings (SSSR count). The summed E-state index contributed by atoms with van der Waals surface area (Å²) in [5.41, 5.74) is 14.8. The molecule has 0 saturated heterocycles. The Bertz CT molecular complexity index is 1130. The van der Waals surface area contributed by atoms with Gasteiger partial charge < -0.3 is 5.73 Å². The first-order chi connectivity index (χ1) is 13.7. The molecule has 2 nitrogen and oxygen atoms in total. The van der Waals surface area contributed by atoms with Crippen molar-refractivity contribution < 1.29 is 0 Å². The van der Waals surface area contributed by atoms with E-state index in [0.29, 0.717) is 0 Å². The molecule has 0 atom stereocenters. The van der Waals surface area contributed by atoms with Crippen LogP contribution < -0.4 is 5.73 Å². The van der Waals surface area contributed by atoms with Crippen molar-refractivity contribution in [2.75, 3.05) is 5.73 Å². The van der Waals surface area contributed by atoms with Crippen molar-refractivity contribution in [1.29, 1.82) is 0 Å². The largest absolute Gasteiger partial charge is 0.399 e. The fourth-order valence-electron chi connectivity index (χ4n) is 4.57. The van der Waals surface area contributed by atoms with Gasteiger partial charge in [0.15, 0.2) is 0 Å². The Kier molecular flexibility index (Phi) is 3.66. The van der Waals surface area contributed by atoms with Gasteiger partial charge in [0.05, 0.1) is 11.1 Å². The van der Waals surface area contributed by atoms with E-state index in [-0.39, 0.29) is 5.41 Å². The summed E-state index contributed by atoms with van der Waals surface area (Å²) in [6.45, 7) is 3.65. The van der Waals surface area contributed by atoms with Gasteiger partial charge in [0.25, 0.3) is 0 Å². The highest BCUT2D eigenvalue weighted by atomic mass is 14.7. The minimum atomic E-state index is -0.388. The average molecular weight is 360 g/mol. The van der Waals surface area contributed by atoms with Crippen molar-refractivity contribution in [1.82, 2.24) is 0 Å². The number of nitrogens with zero attached hydrogens (tertiary/aromatic N) is 1. The Balaban J connectivity index is 1.92. The van der Waals surface area contributed by atoms with Gasteiger partial charge >= 0.3 is 0 Å². The molecule has 0 radical (unpaired) electrons. The van der Waals surface area contributed by atoms with Gasteiger partial charge in [-0.25, -0.2) is 0 Å². The lowest BCUT2D eigenvalue weighted by Crippen LogP contribution is -2.28. The monoisotopic (exact) mass is 360 g/mol. The van der Waals surface area contributed by atoms with E-state index in [2.05, 4.69) is 84.5 Å². The van der Waals surface area contributed by atoms with Crippen LogP contribution in [0.25, 0.3) is 11.1 Å². The topological polar surface area (TPSA) is 38.4 Å². The highest BCUT2D eigenvalue weighted by Crippen LogP contribution is 2.56. The number of hydrogen-bond acceptors (Lipinski definition) is 2. The van der Waals surface area contributed by atoms with Crippen LogP contribution in [0.4, 0.5) is 11.4 Å². The summed E-state index contributed by atoms with van der Waals surface area (Å²) in [5, 5.41) is 0. The van der Waals surface area contributed by atoms with Crippen LogP contribution in [0.15, 0.2) is 102 Å². The van der Waals surface area contributed by atoms with E-state index in [4.69, 9.17) is 5.73 Å². The number of hydrogen-bond donors (Lipinski definition) is 1. The van der Waals surface area contributed by atoms with Crippen molar-refractivity contribution >= 4 is 18.1 Å². The Morgan fingerprint density at radius 2 is 1.07 bits per heavy atom. The summed E-state index contributed by atoms with van der Waals surface area (Å²) in [5.74, 6) is 0. The molecule has 1 aliphatic rings. The predicted molar refractivity (Wildman–Crippen MR) is 117 cm³/mol. The van der Waals surface area contributed by atoms with E-state index in [1.165, 1.54) is 33.4 Å². The van der Waals surface area contributed by atoms with E-state index >= 15 is 0 Å². The molecule has 2 heteroatoms.